The van der Waals surface area contributed by atoms with E-state index in [2.05, 4.69) is 19.2 Å². The lowest BCUT2D eigenvalue weighted by molar-refractivity contribution is -0.175. The maximum atomic E-state index is 12.9. The number of carbonyl (C=O) groups excluding carboxylic acids is 1. The summed E-state index contributed by atoms with van der Waals surface area (Å²) in [5.41, 5.74) is 0. The zero-order valence-electron chi connectivity index (χ0n) is 16.4. The number of fused-ring (bicyclic) bond motifs is 2. The van der Waals surface area contributed by atoms with E-state index in [-0.39, 0.29) is 24.3 Å². The third-order valence-electron chi connectivity index (χ3n) is 6.51. The molecule has 6 unspecified atom stereocenters. The highest BCUT2D eigenvalue weighted by molar-refractivity contribution is 5.91. The Balaban J connectivity index is 1.71. The SMILES string of the molecule is CCOC1OC(C(=O)NC2CC3CCC2C3)=CC(C(C)C)C1CCCO. The van der Waals surface area contributed by atoms with Gasteiger partial charge in [-0.1, -0.05) is 20.3 Å². The summed E-state index contributed by atoms with van der Waals surface area (Å²) in [7, 11) is 0. The second-order valence-corrected chi connectivity index (χ2v) is 8.58. The molecule has 1 heterocycles. The molecular formula is C21H35NO4. The van der Waals surface area contributed by atoms with Crippen molar-refractivity contribution in [1.29, 1.82) is 0 Å². The fraction of sp³-hybridized carbons (Fsp3) is 0.857. The molecule has 0 aromatic heterocycles. The van der Waals surface area contributed by atoms with E-state index in [1.165, 1.54) is 19.3 Å². The Labute approximate surface area is 157 Å². The number of rotatable bonds is 8. The summed E-state index contributed by atoms with van der Waals surface area (Å²) in [6.45, 7) is 7.01. The van der Waals surface area contributed by atoms with Gasteiger partial charge in [-0.15, -0.1) is 0 Å². The number of nitrogens with one attached hydrogen (secondary N) is 1. The van der Waals surface area contributed by atoms with Crippen molar-refractivity contribution in [3.8, 4) is 0 Å². The fourth-order valence-electron chi connectivity index (χ4n) is 5.19. The van der Waals surface area contributed by atoms with Gasteiger partial charge >= 0.3 is 0 Å². The third kappa shape index (κ3) is 4.25. The molecule has 0 aromatic rings. The van der Waals surface area contributed by atoms with Gasteiger partial charge in [0, 0.05) is 25.2 Å². The van der Waals surface area contributed by atoms with Crippen LogP contribution in [0.15, 0.2) is 11.8 Å². The van der Waals surface area contributed by atoms with Crippen molar-refractivity contribution in [3.63, 3.8) is 0 Å². The standard InChI is InChI=1S/C21H35NO4/c1-4-25-21-16(6-5-9-23)17(13(2)3)12-19(26-21)20(24)22-18-11-14-7-8-15(18)10-14/h12-18,21,23H,4-11H2,1-3H3,(H,22,24). The Morgan fingerprint density at radius 2 is 2.19 bits per heavy atom. The first-order chi connectivity index (χ1) is 12.5. The number of carbonyl (C=O) groups is 1. The predicted octanol–water partition coefficient (Wildman–Crippen LogP) is 3.23. The summed E-state index contributed by atoms with van der Waals surface area (Å²) < 4.78 is 11.9. The lowest BCUT2D eigenvalue weighted by Crippen LogP contribution is -2.44. The first kappa shape index (κ1) is 19.7. The number of hydrogen-bond acceptors (Lipinski definition) is 4. The quantitative estimate of drug-likeness (QED) is 0.693. The van der Waals surface area contributed by atoms with Gasteiger partial charge in [-0.25, -0.2) is 0 Å². The molecule has 148 valence electrons. The Hall–Kier alpha value is -1.07. The zero-order valence-corrected chi connectivity index (χ0v) is 16.4. The van der Waals surface area contributed by atoms with Crippen LogP contribution in [0.1, 0.15) is 59.3 Å². The minimum atomic E-state index is -0.412. The van der Waals surface area contributed by atoms with Gasteiger partial charge < -0.3 is 19.9 Å². The van der Waals surface area contributed by atoms with Crippen LogP contribution in [0.5, 0.6) is 0 Å². The topological polar surface area (TPSA) is 67.8 Å². The van der Waals surface area contributed by atoms with E-state index < -0.39 is 6.29 Å². The minimum Gasteiger partial charge on any atom is -0.459 e. The molecule has 2 aliphatic carbocycles. The van der Waals surface area contributed by atoms with E-state index in [9.17, 15) is 9.90 Å². The van der Waals surface area contributed by atoms with Gasteiger partial charge in [0.05, 0.1) is 0 Å². The monoisotopic (exact) mass is 365 g/mol. The number of hydrogen-bond donors (Lipinski definition) is 2. The van der Waals surface area contributed by atoms with Crippen molar-refractivity contribution in [2.24, 2.45) is 29.6 Å². The first-order valence-corrected chi connectivity index (χ1v) is 10.4. The molecule has 2 bridgehead atoms. The van der Waals surface area contributed by atoms with E-state index in [0.29, 0.717) is 30.2 Å². The van der Waals surface area contributed by atoms with Crippen LogP contribution in [0, 0.1) is 29.6 Å². The average Bonchev–Trinajstić information content (AvgIpc) is 3.23. The molecule has 2 fully saturated rings. The lowest BCUT2D eigenvalue weighted by Gasteiger charge is -2.38. The number of amides is 1. The van der Waals surface area contributed by atoms with Crippen molar-refractivity contribution < 1.29 is 19.4 Å². The van der Waals surface area contributed by atoms with Crippen LogP contribution in [-0.4, -0.2) is 36.6 Å². The number of aliphatic hydroxyl groups excluding tert-OH is 1. The van der Waals surface area contributed by atoms with Crippen LogP contribution in [0.4, 0.5) is 0 Å². The molecular weight excluding hydrogens is 330 g/mol. The predicted molar refractivity (Wildman–Crippen MR) is 100 cm³/mol. The van der Waals surface area contributed by atoms with Crippen molar-refractivity contribution in [1.82, 2.24) is 5.32 Å². The van der Waals surface area contributed by atoms with E-state index in [1.807, 2.05) is 13.0 Å². The Morgan fingerprint density at radius 1 is 1.38 bits per heavy atom. The molecule has 1 aliphatic heterocycles. The summed E-state index contributed by atoms with van der Waals surface area (Å²) in [6, 6.07) is 0.306. The maximum absolute atomic E-state index is 12.9. The summed E-state index contributed by atoms with van der Waals surface area (Å²) in [4.78, 5) is 12.9. The van der Waals surface area contributed by atoms with Crippen molar-refractivity contribution in [2.75, 3.05) is 13.2 Å². The average molecular weight is 366 g/mol. The van der Waals surface area contributed by atoms with Crippen molar-refractivity contribution in [2.45, 2.75) is 71.6 Å². The van der Waals surface area contributed by atoms with Gasteiger partial charge in [0.1, 0.15) is 0 Å². The number of allylic oxidation sites excluding steroid dienone is 1. The smallest absolute Gasteiger partial charge is 0.286 e. The summed E-state index contributed by atoms with van der Waals surface area (Å²) in [6.07, 6.45) is 8.10. The van der Waals surface area contributed by atoms with Crippen LogP contribution in [0.2, 0.25) is 0 Å². The third-order valence-corrected chi connectivity index (χ3v) is 6.51. The van der Waals surface area contributed by atoms with Crippen LogP contribution in [0.25, 0.3) is 0 Å². The molecule has 0 spiro atoms. The second-order valence-electron chi connectivity index (χ2n) is 8.58. The van der Waals surface area contributed by atoms with Gasteiger partial charge in [-0.05, 0) is 68.8 Å². The van der Waals surface area contributed by atoms with Gasteiger partial charge in [0.25, 0.3) is 5.91 Å². The van der Waals surface area contributed by atoms with Crippen LogP contribution >= 0.6 is 0 Å². The van der Waals surface area contributed by atoms with Crippen LogP contribution in [-0.2, 0) is 14.3 Å². The second kappa shape index (κ2) is 8.75. The van der Waals surface area contributed by atoms with Gasteiger partial charge in [0.2, 0.25) is 6.29 Å². The molecule has 2 N–H and O–H groups in total. The minimum absolute atomic E-state index is 0.0847. The largest absolute Gasteiger partial charge is 0.459 e. The highest BCUT2D eigenvalue weighted by Crippen LogP contribution is 2.44. The highest BCUT2D eigenvalue weighted by atomic mass is 16.7. The Kier molecular flexibility index (Phi) is 6.62. The normalized spacial score (nSPS) is 36.1. The zero-order chi connectivity index (χ0) is 18.7. The summed E-state index contributed by atoms with van der Waals surface area (Å²) >= 11 is 0. The maximum Gasteiger partial charge on any atom is 0.286 e. The molecule has 3 aliphatic rings. The van der Waals surface area contributed by atoms with E-state index in [1.54, 1.807) is 0 Å². The highest BCUT2D eigenvalue weighted by Gasteiger charge is 2.42. The molecule has 0 saturated heterocycles. The Bertz CT molecular complexity index is 518. The van der Waals surface area contributed by atoms with Gasteiger partial charge in [0.15, 0.2) is 5.76 Å². The summed E-state index contributed by atoms with van der Waals surface area (Å²) in [5, 5.41) is 12.5. The molecule has 1 amide bonds. The molecule has 26 heavy (non-hydrogen) atoms. The summed E-state index contributed by atoms with van der Waals surface area (Å²) in [5.74, 6) is 2.55. The first-order valence-electron chi connectivity index (χ1n) is 10.4. The molecule has 0 radical (unpaired) electrons. The van der Waals surface area contributed by atoms with E-state index in [0.717, 1.165) is 25.2 Å². The molecule has 2 saturated carbocycles. The number of ether oxygens (including phenoxy) is 2. The molecule has 0 aromatic carbocycles. The van der Waals surface area contributed by atoms with Gasteiger partial charge in [-0.2, -0.15) is 0 Å². The molecule has 6 atom stereocenters. The Morgan fingerprint density at radius 3 is 2.77 bits per heavy atom. The van der Waals surface area contributed by atoms with Crippen LogP contribution < -0.4 is 5.32 Å². The van der Waals surface area contributed by atoms with Crippen molar-refractivity contribution in [3.05, 3.63) is 11.8 Å². The van der Waals surface area contributed by atoms with Gasteiger partial charge in [-0.3, -0.25) is 4.79 Å². The van der Waals surface area contributed by atoms with E-state index >= 15 is 0 Å². The lowest BCUT2D eigenvalue weighted by atomic mass is 9.78. The molecule has 5 heteroatoms. The number of aliphatic hydroxyl groups is 1. The van der Waals surface area contributed by atoms with E-state index in [4.69, 9.17) is 9.47 Å². The van der Waals surface area contributed by atoms with Crippen molar-refractivity contribution >= 4 is 5.91 Å². The molecule has 3 rings (SSSR count). The van der Waals surface area contributed by atoms with Crippen LogP contribution in [0.3, 0.4) is 0 Å². The fourth-order valence-corrected chi connectivity index (χ4v) is 5.19. The molecule has 5 nitrogen and oxygen atoms in total.